The van der Waals surface area contributed by atoms with E-state index in [0.29, 0.717) is 18.7 Å². The first kappa shape index (κ1) is 17.9. The molecule has 1 aromatic heterocycles. The van der Waals surface area contributed by atoms with E-state index in [-0.39, 0.29) is 11.8 Å². The predicted molar refractivity (Wildman–Crippen MR) is 107 cm³/mol. The van der Waals surface area contributed by atoms with Gasteiger partial charge in [0.25, 0.3) is 0 Å². The summed E-state index contributed by atoms with van der Waals surface area (Å²) < 4.78 is 20.4. The van der Waals surface area contributed by atoms with Gasteiger partial charge in [-0.2, -0.15) is 5.10 Å². The van der Waals surface area contributed by atoms with E-state index in [4.69, 9.17) is 4.74 Å². The maximum atomic E-state index is 13.5. The number of carbonyl (C=O) groups excluding carboxylic acids is 1. The number of hydrogen-bond acceptors (Lipinski definition) is 3. The van der Waals surface area contributed by atoms with E-state index in [9.17, 15) is 9.18 Å². The van der Waals surface area contributed by atoms with E-state index in [1.807, 2.05) is 48.7 Å². The van der Waals surface area contributed by atoms with Gasteiger partial charge in [0.2, 0.25) is 0 Å². The Balaban J connectivity index is 1.72. The maximum absolute atomic E-state index is 13.5. The largest absolute Gasteiger partial charge is 0.462 e. The third kappa shape index (κ3) is 3.64. The Bertz CT molecular complexity index is 1150. The molecule has 0 aliphatic carbocycles. The normalized spacial score (nSPS) is 10.9. The molecule has 0 aliphatic heterocycles. The van der Waals surface area contributed by atoms with E-state index in [2.05, 4.69) is 5.10 Å². The summed E-state index contributed by atoms with van der Waals surface area (Å²) in [4.78, 5) is 12.1. The van der Waals surface area contributed by atoms with Crippen LogP contribution in [-0.4, -0.2) is 22.4 Å². The van der Waals surface area contributed by atoms with Gasteiger partial charge in [-0.05, 0) is 53.9 Å². The first-order valence-electron chi connectivity index (χ1n) is 9.12. The summed E-state index contributed by atoms with van der Waals surface area (Å²) >= 11 is 0. The summed E-state index contributed by atoms with van der Waals surface area (Å²) in [5, 5.41) is 5.59. The van der Waals surface area contributed by atoms with Gasteiger partial charge in [0.15, 0.2) is 0 Å². The molecule has 0 aliphatic rings. The van der Waals surface area contributed by atoms with Gasteiger partial charge < -0.3 is 4.74 Å². The summed E-state index contributed by atoms with van der Waals surface area (Å²) in [6.07, 6.45) is 1.95. The van der Waals surface area contributed by atoms with Gasteiger partial charge in [-0.25, -0.2) is 9.18 Å². The molecule has 0 radical (unpaired) electrons. The number of aromatic nitrogens is 2. The number of rotatable bonds is 5. The van der Waals surface area contributed by atoms with E-state index >= 15 is 0 Å². The number of benzene rings is 3. The Morgan fingerprint density at radius 2 is 1.89 bits per heavy atom. The molecule has 0 N–H and O–H groups in total. The second-order valence-corrected chi connectivity index (χ2v) is 6.50. The Morgan fingerprint density at radius 1 is 1.07 bits per heavy atom. The fourth-order valence-corrected chi connectivity index (χ4v) is 3.28. The van der Waals surface area contributed by atoms with Crippen molar-refractivity contribution in [2.24, 2.45) is 0 Å². The van der Waals surface area contributed by atoms with Crippen LogP contribution in [0.5, 0.6) is 0 Å². The van der Waals surface area contributed by atoms with Crippen LogP contribution >= 0.6 is 0 Å². The minimum atomic E-state index is -0.335. The summed E-state index contributed by atoms with van der Waals surface area (Å²) in [7, 11) is 0. The van der Waals surface area contributed by atoms with Gasteiger partial charge >= 0.3 is 5.97 Å². The maximum Gasteiger partial charge on any atom is 0.338 e. The van der Waals surface area contributed by atoms with E-state index in [0.717, 1.165) is 27.6 Å². The highest BCUT2D eigenvalue weighted by Gasteiger charge is 2.11. The molecule has 0 unspecified atom stereocenters. The Hall–Kier alpha value is -3.47. The van der Waals surface area contributed by atoms with Crippen molar-refractivity contribution in [1.29, 1.82) is 0 Å². The number of fused-ring (bicyclic) bond motifs is 1. The number of halogens is 1. The Kier molecular flexibility index (Phi) is 4.89. The molecule has 1 heterocycles. The summed E-state index contributed by atoms with van der Waals surface area (Å²) in [5.74, 6) is -0.594. The highest BCUT2D eigenvalue weighted by molar-refractivity contribution is 5.97. The molecule has 4 nitrogen and oxygen atoms in total. The first-order chi connectivity index (χ1) is 13.6. The van der Waals surface area contributed by atoms with Crippen molar-refractivity contribution in [2.75, 3.05) is 6.61 Å². The second kappa shape index (κ2) is 7.64. The van der Waals surface area contributed by atoms with Crippen LogP contribution in [-0.2, 0) is 11.3 Å². The van der Waals surface area contributed by atoms with Crippen molar-refractivity contribution in [3.63, 3.8) is 0 Å². The third-order valence-corrected chi connectivity index (χ3v) is 4.52. The van der Waals surface area contributed by atoms with Crippen molar-refractivity contribution in [2.45, 2.75) is 13.5 Å². The quantitative estimate of drug-likeness (QED) is 0.458. The van der Waals surface area contributed by atoms with Crippen molar-refractivity contribution < 1.29 is 13.9 Å². The number of hydrogen-bond donors (Lipinski definition) is 0. The lowest BCUT2D eigenvalue weighted by Crippen LogP contribution is -2.04. The molecule has 28 heavy (non-hydrogen) atoms. The third-order valence-electron chi connectivity index (χ3n) is 4.52. The van der Waals surface area contributed by atoms with Crippen LogP contribution in [0.1, 0.15) is 22.8 Å². The molecule has 0 amide bonds. The number of nitrogens with zero attached hydrogens (tertiary/aromatic N) is 2. The Morgan fingerprint density at radius 3 is 2.71 bits per heavy atom. The number of ether oxygens (including phenoxy) is 1. The molecule has 140 valence electrons. The second-order valence-electron chi connectivity index (χ2n) is 6.50. The lowest BCUT2D eigenvalue weighted by atomic mass is 10.00. The first-order valence-corrected chi connectivity index (χ1v) is 9.12. The molecule has 4 rings (SSSR count). The van der Waals surface area contributed by atoms with E-state index in [1.165, 1.54) is 12.1 Å². The number of carbonyl (C=O) groups is 1. The molecule has 4 aromatic rings. The Labute approximate surface area is 162 Å². The zero-order valence-electron chi connectivity index (χ0n) is 15.4. The summed E-state index contributed by atoms with van der Waals surface area (Å²) in [6, 6.07) is 19.8. The van der Waals surface area contributed by atoms with Crippen LogP contribution < -0.4 is 0 Å². The van der Waals surface area contributed by atoms with Gasteiger partial charge in [0.1, 0.15) is 5.82 Å². The minimum Gasteiger partial charge on any atom is -0.462 e. The fourth-order valence-electron chi connectivity index (χ4n) is 3.28. The molecule has 3 aromatic carbocycles. The van der Waals surface area contributed by atoms with Crippen molar-refractivity contribution >= 4 is 16.9 Å². The molecule has 0 atom stereocenters. The van der Waals surface area contributed by atoms with Crippen LogP contribution in [0.4, 0.5) is 4.39 Å². The highest BCUT2D eigenvalue weighted by atomic mass is 19.1. The number of esters is 1. The molecule has 0 saturated heterocycles. The van der Waals surface area contributed by atoms with Crippen LogP contribution in [0.25, 0.3) is 22.0 Å². The lowest BCUT2D eigenvalue weighted by molar-refractivity contribution is 0.0526. The topological polar surface area (TPSA) is 44.1 Å². The molecule has 0 saturated carbocycles. The zero-order chi connectivity index (χ0) is 19.5. The van der Waals surface area contributed by atoms with Crippen LogP contribution in [0.3, 0.4) is 0 Å². The van der Waals surface area contributed by atoms with Gasteiger partial charge in [0.05, 0.1) is 24.2 Å². The standard InChI is InChI=1S/C23H19FN2O2/c1-2-28-23(27)18-8-4-7-17(13-18)20-10-5-11-22-21(20)15-26(25-22)14-16-6-3-9-19(24)12-16/h3-13,15H,2,14H2,1H3. The summed E-state index contributed by atoms with van der Waals surface area (Å²) in [6.45, 7) is 2.61. The van der Waals surface area contributed by atoms with E-state index in [1.54, 1.807) is 23.7 Å². The summed E-state index contributed by atoms with van der Waals surface area (Å²) in [5.41, 5.74) is 4.10. The molecule has 0 fully saturated rings. The van der Waals surface area contributed by atoms with Crippen LogP contribution in [0.2, 0.25) is 0 Å². The molecule has 0 bridgehead atoms. The molecular formula is C23H19FN2O2. The van der Waals surface area contributed by atoms with E-state index < -0.39 is 0 Å². The van der Waals surface area contributed by atoms with Crippen molar-refractivity contribution in [3.05, 3.63) is 89.9 Å². The lowest BCUT2D eigenvalue weighted by Gasteiger charge is -2.06. The van der Waals surface area contributed by atoms with Gasteiger partial charge in [0, 0.05) is 11.6 Å². The SMILES string of the molecule is CCOC(=O)c1cccc(-c2cccc3nn(Cc4cccc(F)c4)cc23)c1. The van der Waals surface area contributed by atoms with Gasteiger partial charge in [-0.1, -0.05) is 36.4 Å². The predicted octanol–water partition coefficient (Wildman–Crippen LogP) is 5.07. The monoisotopic (exact) mass is 374 g/mol. The molecule has 0 spiro atoms. The smallest absolute Gasteiger partial charge is 0.338 e. The van der Waals surface area contributed by atoms with Gasteiger partial charge in [-0.3, -0.25) is 4.68 Å². The zero-order valence-corrected chi connectivity index (χ0v) is 15.4. The van der Waals surface area contributed by atoms with Crippen molar-refractivity contribution in [3.8, 4) is 11.1 Å². The average molecular weight is 374 g/mol. The minimum absolute atomic E-state index is 0.259. The van der Waals surface area contributed by atoms with Crippen LogP contribution in [0, 0.1) is 5.82 Å². The average Bonchev–Trinajstić information content (AvgIpc) is 3.10. The van der Waals surface area contributed by atoms with Crippen LogP contribution in [0.15, 0.2) is 72.9 Å². The molecular weight excluding hydrogens is 355 g/mol. The molecule has 5 heteroatoms. The highest BCUT2D eigenvalue weighted by Crippen LogP contribution is 2.29. The van der Waals surface area contributed by atoms with Gasteiger partial charge in [-0.15, -0.1) is 0 Å². The fraction of sp³-hybridized carbons (Fsp3) is 0.130. The van der Waals surface area contributed by atoms with Crippen molar-refractivity contribution in [1.82, 2.24) is 9.78 Å².